The molecule has 1 aromatic rings. The third-order valence-electron chi connectivity index (χ3n) is 1.88. The molecule has 0 aliphatic rings. The van der Waals surface area contributed by atoms with E-state index in [1.54, 1.807) is 19.2 Å². The van der Waals surface area contributed by atoms with Gasteiger partial charge in [-0.1, -0.05) is 0 Å². The Bertz CT molecular complexity index is 303. The van der Waals surface area contributed by atoms with Gasteiger partial charge >= 0.3 is 0 Å². The van der Waals surface area contributed by atoms with Gasteiger partial charge in [-0.3, -0.25) is 0 Å². The maximum absolute atomic E-state index is 9.07. The van der Waals surface area contributed by atoms with Crippen LogP contribution in [0.25, 0.3) is 0 Å². The second kappa shape index (κ2) is 4.72. The Hall–Kier alpha value is -0.650. The molecule has 0 radical (unpaired) electrons. The first-order valence-corrected chi connectivity index (χ1v) is 5.01. The minimum atomic E-state index is -0.753. The number of aliphatic hydroxyl groups excluding tert-OH is 2. The van der Waals surface area contributed by atoms with Gasteiger partial charge in [0.25, 0.3) is 0 Å². The van der Waals surface area contributed by atoms with Crippen LogP contribution in [0.15, 0.2) is 22.8 Å². The zero-order chi connectivity index (χ0) is 10.6. The summed E-state index contributed by atoms with van der Waals surface area (Å²) in [5.74, 6) is 0.609. The van der Waals surface area contributed by atoms with Crippen molar-refractivity contribution in [1.82, 2.24) is 4.98 Å². The summed E-state index contributed by atoms with van der Waals surface area (Å²) in [7, 11) is 0. The lowest BCUT2D eigenvalue weighted by Gasteiger charge is -2.27. The Kier molecular flexibility index (Phi) is 3.86. The van der Waals surface area contributed by atoms with Crippen LogP contribution in [0.4, 0.5) is 5.82 Å². The maximum atomic E-state index is 9.07. The Balaban J connectivity index is 2.82. The molecule has 1 heterocycles. The van der Waals surface area contributed by atoms with E-state index >= 15 is 0 Å². The fourth-order valence-electron chi connectivity index (χ4n) is 0.893. The van der Waals surface area contributed by atoms with Crippen molar-refractivity contribution in [3.8, 4) is 0 Å². The predicted octanol–water partition coefficient (Wildman–Crippen LogP) is 0.999. The molecular weight excluding hydrogens is 248 g/mol. The third-order valence-corrected chi connectivity index (χ3v) is 2.52. The van der Waals surface area contributed by atoms with Gasteiger partial charge in [0.15, 0.2) is 0 Å². The highest BCUT2D eigenvalue weighted by Crippen LogP contribution is 2.21. The minimum Gasteiger partial charge on any atom is -0.394 e. The molecule has 1 rings (SSSR count). The van der Waals surface area contributed by atoms with Crippen LogP contribution in [0.3, 0.4) is 0 Å². The molecular formula is C9H13BrN2O2. The van der Waals surface area contributed by atoms with E-state index in [1.807, 2.05) is 6.07 Å². The van der Waals surface area contributed by atoms with Crippen molar-refractivity contribution in [3.63, 3.8) is 0 Å². The summed E-state index contributed by atoms with van der Waals surface area (Å²) in [6.07, 6.45) is 1.64. The molecule has 0 atom stereocenters. The van der Waals surface area contributed by atoms with Crippen LogP contribution in [-0.4, -0.2) is 33.9 Å². The van der Waals surface area contributed by atoms with Gasteiger partial charge in [0.05, 0.1) is 23.2 Å². The van der Waals surface area contributed by atoms with Crippen LogP contribution < -0.4 is 5.32 Å². The lowest BCUT2D eigenvalue weighted by Crippen LogP contribution is -2.42. The number of aromatic nitrogens is 1. The van der Waals surface area contributed by atoms with Gasteiger partial charge in [-0.05, 0) is 35.0 Å². The first-order chi connectivity index (χ1) is 6.61. The highest BCUT2D eigenvalue weighted by Gasteiger charge is 2.23. The number of nitrogens with one attached hydrogen (secondary N) is 1. The monoisotopic (exact) mass is 260 g/mol. The third kappa shape index (κ3) is 2.67. The molecule has 78 valence electrons. The van der Waals surface area contributed by atoms with Crippen molar-refractivity contribution in [3.05, 3.63) is 22.8 Å². The molecule has 3 N–H and O–H groups in total. The van der Waals surface area contributed by atoms with Crippen molar-refractivity contribution >= 4 is 21.7 Å². The number of pyridine rings is 1. The van der Waals surface area contributed by atoms with Crippen LogP contribution in [0, 0.1) is 0 Å². The highest BCUT2D eigenvalue weighted by atomic mass is 79.9. The lowest BCUT2D eigenvalue weighted by atomic mass is 10.1. The summed E-state index contributed by atoms with van der Waals surface area (Å²) >= 11 is 3.32. The molecule has 0 aliphatic heterocycles. The normalized spacial score (nSPS) is 11.4. The first kappa shape index (κ1) is 11.4. The molecule has 4 nitrogen and oxygen atoms in total. The average molecular weight is 261 g/mol. The van der Waals surface area contributed by atoms with E-state index in [9.17, 15) is 0 Å². The summed E-state index contributed by atoms with van der Waals surface area (Å²) in [5, 5.41) is 21.1. The molecule has 0 saturated carbocycles. The predicted molar refractivity (Wildman–Crippen MR) is 58.1 cm³/mol. The van der Waals surface area contributed by atoms with E-state index in [2.05, 4.69) is 26.2 Å². The number of rotatable bonds is 4. The van der Waals surface area contributed by atoms with Gasteiger partial charge in [0.1, 0.15) is 5.82 Å². The Morgan fingerprint density at radius 3 is 2.64 bits per heavy atom. The van der Waals surface area contributed by atoms with Crippen molar-refractivity contribution in [2.75, 3.05) is 18.5 Å². The average Bonchev–Trinajstić information content (AvgIpc) is 2.21. The fraction of sp³-hybridized carbons (Fsp3) is 0.444. The molecule has 14 heavy (non-hydrogen) atoms. The molecule has 0 fully saturated rings. The molecule has 0 amide bonds. The molecule has 5 heteroatoms. The molecule has 0 aliphatic carbocycles. The summed E-state index contributed by atoms with van der Waals surface area (Å²) in [6.45, 7) is 1.40. The van der Waals surface area contributed by atoms with Crippen molar-refractivity contribution in [2.24, 2.45) is 0 Å². The highest BCUT2D eigenvalue weighted by molar-refractivity contribution is 9.10. The first-order valence-electron chi connectivity index (χ1n) is 4.22. The fourth-order valence-corrected chi connectivity index (χ4v) is 1.25. The molecule has 0 spiro atoms. The van der Waals surface area contributed by atoms with Crippen molar-refractivity contribution < 1.29 is 10.2 Å². The van der Waals surface area contributed by atoms with Crippen LogP contribution in [0.1, 0.15) is 6.92 Å². The summed E-state index contributed by atoms with van der Waals surface area (Å²) in [6, 6.07) is 3.63. The van der Waals surface area contributed by atoms with Gasteiger partial charge < -0.3 is 15.5 Å². The van der Waals surface area contributed by atoms with Crippen LogP contribution in [0.2, 0.25) is 0 Å². The Labute approximate surface area is 91.1 Å². The summed E-state index contributed by atoms with van der Waals surface area (Å²) in [4.78, 5) is 4.08. The number of hydrogen-bond acceptors (Lipinski definition) is 4. The molecule has 0 aromatic carbocycles. The number of nitrogens with zero attached hydrogens (tertiary/aromatic N) is 1. The van der Waals surface area contributed by atoms with E-state index in [4.69, 9.17) is 10.2 Å². The lowest BCUT2D eigenvalue weighted by molar-refractivity contribution is 0.147. The van der Waals surface area contributed by atoms with Gasteiger partial charge in [-0.25, -0.2) is 4.98 Å². The van der Waals surface area contributed by atoms with E-state index in [1.165, 1.54) is 0 Å². The molecule has 0 saturated heterocycles. The van der Waals surface area contributed by atoms with E-state index in [0.717, 1.165) is 4.47 Å². The van der Waals surface area contributed by atoms with E-state index < -0.39 is 5.54 Å². The maximum Gasteiger partial charge on any atom is 0.140 e. The zero-order valence-electron chi connectivity index (χ0n) is 7.87. The number of anilines is 1. The standard InChI is InChI=1S/C9H13BrN2O2/c1-9(5-13,6-14)12-8-7(10)3-2-4-11-8/h2-4,13-14H,5-6H2,1H3,(H,11,12). The number of halogens is 1. The molecule has 1 aromatic heterocycles. The quantitative estimate of drug-likeness (QED) is 0.756. The van der Waals surface area contributed by atoms with Crippen LogP contribution >= 0.6 is 15.9 Å². The van der Waals surface area contributed by atoms with E-state index in [-0.39, 0.29) is 13.2 Å². The minimum absolute atomic E-state index is 0.160. The van der Waals surface area contributed by atoms with Gasteiger partial charge in [-0.2, -0.15) is 0 Å². The topological polar surface area (TPSA) is 65.4 Å². The summed E-state index contributed by atoms with van der Waals surface area (Å²) < 4.78 is 0.799. The van der Waals surface area contributed by atoms with Gasteiger partial charge in [-0.15, -0.1) is 0 Å². The van der Waals surface area contributed by atoms with Gasteiger partial charge in [0.2, 0.25) is 0 Å². The van der Waals surface area contributed by atoms with Gasteiger partial charge in [0, 0.05) is 6.20 Å². The van der Waals surface area contributed by atoms with Crippen LogP contribution in [0.5, 0.6) is 0 Å². The zero-order valence-corrected chi connectivity index (χ0v) is 9.45. The van der Waals surface area contributed by atoms with E-state index in [0.29, 0.717) is 5.82 Å². The Morgan fingerprint density at radius 1 is 1.50 bits per heavy atom. The largest absolute Gasteiger partial charge is 0.394 e. The number of hydrogen-bond donors (Lipinski definition) is 3. The summed E-state index contributed by atoms with van der Waals surface area (Å²) in [5.41, 5.74) is -0.753. The van der Waals surface area contributed by atoms with Crippen molar-refractivity contribution in [2.45, 2.75) is 12.5 Å². The second-order valence-corrected chi connectivity index (χ2v) is 4.19. The van der Waals surface area contributed by atoms with Crippen molar-refractivity contribution in [1.29, 1.82) is 0 Å². The Morgan fingerprint density at radius 2 is 2.14 bits per heavy atom. The second-order valence-electron chi connectivity index (χ2n) is 3.34. The molecule has 0 bridgehead atoms. The number of aliphatic hydroxyl groups is 2. The molecule has 0 unspecified atom stereocenters. The SMILES string of the molecule is CC(CO)(CO)Nc1ncccc1Br. The smallest absolute Gasteiger partial charge is 0.140 e. The van der Waals surface area contributed by atoms with Crippen LogP contribution in [-0.2, 0) is 0 Å².